The first kappa shape index (κ1) is 60.3. The van der Waals surface area contributed by atoms with Gasteiger partial charge in [0.1, 0.15) is 6.61 Å². The average Bonchev–Trinajstić information content (AvgIpc) is 3.30. The van der Waals surface area contributed by atoms with Crippen LogP contribution in [0.15, 0.2) is 122 Å². The fourth-order valence-corrected chi connectivity index (χ4v) is 6.65. The number of ether oxygens (including phenoxy) is 3. The van der Waals surface area contributed by atoms with E-state index in [1.54, 1.807) is 0 Å². The van der Waals surface area contributed by atoms with Crippen molar-refractivity contribution in [1.29, 1.82) is 0 Å². The Morgan fingerprint density at radius 3 is 1.16 bits per heavy atom. The van der Waals surface area contributed by atoms with Gasteiger partial charge in [-0.25, -0.2) is 0 Å². The molecule has 0 aromatic rings. The van der Waals surface area contributed by atoms with Crippen molar-refractivity contribution in [3.05, 3.63) is 122 Å². The highest BCUT2D eigenvalue weighted by molar-refractivity contribution is 5.70. The van der Waals surface area contributed by atoms with Gasteiger partial charge in [-0.05, 0) is 122 Å². The van der Waals surface area contributed by atoms with E-state index in [9.17, 15) is 9.59 Å². The third-order valence-electron chi connectivity index (χ3n) is 10.5. The Morgan fingerprint density at radius 2 is 0.703 bits per heavy atom. The van der Waals surface area contributed by atoms with Gasteiger partial charge in [-0.15, -0.1) is 0 Å². The Kier molecular flexibility index (Phi) is 50.5. The van der Waals surface area contributed by atoms with Gasteiger partial charge in [0, 0.05) is 19.4 Å². The van der Waals surface area contributed by atoms with Crippen molar-refractivity contribution in [3.8, 4) is 0 Å². The highest BCUT2D eigenvalue weighted by Gasteiger charge is 2.17. The second-order valence-corrected chi connectivity index (χ2v) is 16.7. The van der Waals surface area contributed by atoms with Crippen molar-refractivity contribution in [3.63, 3.8) is 0 Å². The maximum absolute atomic E-state index is 12.8. The van der Waals surface area contributed by atoms with Crippen LogP contribution in [0.25, 0.3) is 0 Å². The second kappa shape index (κ2) is 53.6. The molecule has 362 valence electrons. The van der Waals surface area contributed by atoms with Gasteiger partial charge in [0.2, 0.25) is 0 Å². The normalized spacial score (nSPS) is 13.2. The van der Waals surface area contributed by atoms with E-state index >= 15 is 0 Å². The predicted molar refractivity (Wildman–Crippen MR) is 279 cm³/mol. The van der Waals surface area contributed by atoms with Crippen LogP contribution in [-0.2, 0) is 23.8 Å². The molecule has 0 aliphatic rings. The number of esters is 2. The first-order valence-electron chi connectivity index (χ1n) is 26.1. The first-order valence-corrected chi connectivity index (χ1v) is 26.1. The minimum Gasteiger partial charge on any atom is -0.462 e. The number of carbonyl (C=O) groups excluding carboxylic acids is 2. The van der Waals surface area contributed by atoms with Crippen LogP contribution in [0.1, 0.15) is 213 Å². The van der Waals surface area contributed by atoms with E-state index in [2.05, 4.69) is 142 Å². The zero-order valence-corrected chi connectivity index (χ0v) is 41.5. The molecule has 64 heavy (non-hydrogen) atoms. The molecular weight excluding hydrogens is 789 g/mol. The molecule has 0 bridgehead atoms. The van der Waals surface area contributed by atoms with Crippen LogP contribution in [0.5, 0.6) is 0 Å². The second-order valence-electron chi connectivity index (χ2n) is 16.7. The van der Waals surface area contributed by atoms with Gasteiger partial charge in [0.15, 0.2) is 6.10 Å². The molecule has 0 heterocycles. The van der Waals surface area contributed by atoms with E-state index in [1.807, 2.05) is 0 Å². The molecule has 0 N–H and O–H groups in total. The van der Waals surface area contributed by atoms with Crippen LogP contribution >= 0.6 is 0 Å². The van der Waals surface area contributed by atoms with Crippen LogP contribution in [0.4, 0.5) is 0 Å². The first-order chi connectivity index (χ1) is 31.6. The maximum atomic E-state index is 12.8. The summed E-state index contributed by atoms with van der Waals surface area (Å²) in [4.78, 5) is 25.4. The molecule has 0 aromatic heterocycles. The van der Waals surface area contributed by atoms with Crippen LogP contribution in [0.3, 0.4) is 0 Å². The van der Waals surface area contributed by atoms with Crippen molar-refractivity contribution in [1.82, 2.24) is 0 Å². The van der Waals surface area contributed by atoms with Gasteiger partial charge >= 0.3 is 11.9 Å². The van der Waals surface area contributed by atoms with E-state index in [4.69, 9.17) is 14.2 Å². The number of unbranched alkanes of at least 4 members (excludes halogenated alkanes) is 15. The van der Waals surface area contributed by atoms with Crippen molar-refractivity contribution in [2.24, 2.45) is 0 Å². The summed E-state index contributed by atoms with van der Waals surface area (Å²) in [6.07, 6.45) is 75.1. The van der Waals surface area contributed by atoms with Crippen LogP contribution in [-0.4, -0.2) is 37.9 Å². The number of rotatable bonds is 46. The van der Waals surface area contributed by atoms with Gasteiger partial charge in [-0.2, -0.15) is 0 Å². The molecule has 0 spiro atoms. The highest BCUT2D eigenvalue weighted by Crippen LogP contribution is 2.12. The number of hydrogen-bond donors (Lipinski definition) is 0. The van der Waals surface area contributed by atoms with Gasteiger partial charge in [0.25, 0.3) is 0 Å². The van der Waals surface area contributed by atoms with Crippen LogP contribution in [0, 0.1) is 0 Å². The molecule has 0 rings (SSSR count). The van der Waals surface area contributed by atoms with Gasteiger partial charge in [-0.3, -0.25) is 9.59 Å². The summed E-state index contributed by atoms with van der Waals surface area (Å²) in [7, 11) is 0. The summed E-state index contributed by atoms with van der Waals surface area (Å²) in [6.45, 7) is 7.40. The molecule has 5 nitrogen and oxygen atoms in total. The van der Waals surface area contributed by atoms with Gasteiger partial charge in [-0.1, -0.05) is 200 Å². The van der Waals surface area contributed by atoms with E-state index < -0.39 is 6.10 Å². The number of carbonyl (C=O) groups is 2. The molecule has 5 heteroatoms. The number of hydrogen-bond acceptors (Lipinski definition) is 5. The fraction of sp³-hybridized carbons (Fsp3) is 0.627. The SMILES string of the molecule is CC/C=C\C/C=C\C/C=C\C/C=C\C/C=C\C/C=C\CCCOCC(COC(=O)CCCCCCC/C=C\CCCCCCCC)OC(=O)CCCCC/C=C\C/C=C\C/C=C\CC. The van der Waals surface area contributed by atoms with Crippen molar-refractivity contribution < 1.29 is 23.8 Å². The maximum Gasteiger partial charge on any atom is 0.306 e. The molecule has 0 radical (unpaired) electrons. The zero-order chi connectivity index (χ0) is 46.3. The van der Waals surface area contributed by atoms with Crippen molar-refractivity contribution in [2.45, 2.75) is 219 Å². The summed E-state index contributed by atoms with van der Waals surface area (Å²) in [6, 6.07) is 0. The van der Waals surface area contributed by atoms with Gasteiger partial charge in [0.05, 0.1) is 6.61 Å². The van der Waals surface area contributed by atoms with E-state index in [-0.39, 0.29) is 25.2 Å². The molecule has 0 aliphatic carbocycles. The molecule has 1 atom stereocenters. The Bertz CT molecular complexity index is 1320. The lowest BCUT2D eigenvalue weighted by Crippen LogP contribution is -2.30. The zero-order valence-electron chi connectivity index (χ0n) is 41.5. The fourth-order valence-electron chi connectivity index (χ4n) is 6.65. The van der Waals surface area contributed by atoms with Gasteiger partial charge < -0.3 is 14.2 Å². The topological polar surface area (TPSA) is 61.8 Å². The van der Waals surface area contributed by atoms with E-state index in [0.717, 1.165) is 122 Å². The standard InChI is InChI=1S/C59H96O5/c1-4-7-10-13-16-19-22-25-27-28-29-30-31-33-36-39-42-45-48-51-54-62-55-57(64-59(61)53-50-47-44-41-38-34-24-21-18-15-12-9-6-3)56-63-58(60)52-49-46-43-40-37-35-32-26-23-20-17-14-11-8-5-2/h7,9-10,12,16,18-19,21,25-27,29-30,32-34,36,38,42,45,57H,4-6,8,11,13-15,17,20,22-24,28,31,35,37,39-41,43-44,46-56H2,1-3H3/b10-7-,12-9-,19-16-,21-18-,27-25-,30-29-,32-26-,36-33-,38-34-,45-42-. The molecule has 0 aromatic carbocycles. The molecule has 0 amide bonds. The van der Waals surface area contributed by atoms with Crippen LogP contribution in [0.2, 0.25) is 0 Å². The molecule has 0 aliphatic heterocycles. The molecule has 1 unspecified atom stereocenters. The summed E-state index contributed by atoms with van der Waals surface area (Å²) in [5.74, 6) is -0.481. The highest BCUT2D eigenvalue weighted by atomic mass is 16.6. The van der Waals surface area contributed by atoms with Crippen molar-refractivity contribution >= 4 is 11.9 Å². The van der Waals surface area contributed by atoms with E-state index in [1.165, 1.54) is 57.8 Å². The minimum absolute atomic E-state index is 0.0386. The lowest BCUT2D eigenvalue weighted by Gasteiger charge is -2.18. The lowest BCUT2D eigenvalue weighted by molar-refractivity contribution is -0.163. The largest absolute Gasteiger partial charge is 0.462 e. The Hall–Kier alpha value is -3.70. The molecule has 0 fully saturated rings. The summed E-state index contributed by atoms with van der Waals surface area (Å²) in [5.41, 5.74) is 0. The Morgan fingerprint density at radius 1 is 0.359 bits per heavy atom. The Balaban J connectivity index is 4.44. The summed E-state index contributed by atoms with van der Waals surface area (Å²) in [5, 5.41) is 0. The average molecular weight is 885 g/mol. The predicted octanol–water partition coefficient (Wildman–Crippen LogP) is 17.8. The lowest BCUT2D eigenvalue weighted by atomic mass is 10.1. The third kappa shape index (κ3) is 50.9. The third-order valence-corrected chi connectivity index (χ3v) is 10.5. The quantitative estimate of drug-likeness (QED) is 0.0346. The van der Waals surface area contributed by atoms with E-state index in [0.29, 0.717) is 19.4 Å². The summed E-state index contributed by atoms with van der Waals surface area (Å²) >= 11 is 0. The Labute approximate surface area is 395 Å². The molecule has 0 saturated carbocycles. The monoisotopic (exact) mass is 885 g/mol. The van der Waals surface area contributed by atoms with Crippen LogP contribution < -0.4 is 0 Å². The van der Waals surface area contributed by atoms with Crippen molar-refractivity contribution in [2.75, 3.05) is 19.8 Å². The minimum atomic E-state index is -0.593. The molecule has 0 saturated heterocycles. The number of allylic oxidation sites excluding steroid dienone is 20. The molecular formula is C59H96O5. The summed E-state index contributed by atoms with van der Waals surface area (Å²) < 4.78 is 17.3. The smallest absolute Gasteiger partial charge is 0.306 e.